The number of rotatable bonds is 2. The van der Waals surface area contributed by atoms with Gasteiger partial charge in [-0.2, -0.15) is 0 Å². The smallest absolute Gasteiger partial charge is 0.412 e. The molecule has 0 atom stereocenters. The fraction of sp³-hybridized carbons (Fsp3) is 0.364. The van der Waals surface area contributed by atoms with Crippen LogP contribution in [0.25, 0.3) is 0 Å². The predicted octanol–water partition coefficient (Wildman–Crippen LogP) is 2.01. The summed E-state index contributed by atoms with van der Waals surface area (Å²) in [6.07, 6.45) is 0.426. The number of nitrogens with two attached hydrogens (primary N) is 1. The van der Waals surface area contributed by atoms with Gasteiger partial charge in [-0.15, -0.1) is 0 Å². The summed E-state index contributed by atoms with van der Waals surface area (Å²) in [5, 5.41) is 9.68. The van der Waals surface area contributed by atoms with Gasteiger partial charge in [0.15, 0.2) is 0 Å². The van der Waals surface area contributed by atoms with Gasteiger partial charge in [-0.05, 0) is 32.9 Å². The highest BCUT2D eigenvalue weighted by Crippen LogP contribution is 2.15. The Morgan fingerprint density at radius 3 is 2.71 bits per heavy atom. The van der Waals surface area contributed by atoms with Gasteiger partial charge >= 0.3 is 6.09 Å². The Morgan fingerprint density at radius 1 is 1.53 bits per heavy atom. The van der Waals surface area contributed by atoms with Crippen molar-refractivity contribution in [2.24, 2.45) is 0 Å². The topological polar surface area (TPSA) is 101 Å². The largest absolute Gasteiger partial charge is 0.444 e. The van der Waals surface area contributed by atoms with E-state index in [1.165, 1.54) is 0 Å². The number of nitrogens with one attached hydrogen (secondary N) is 2. The van der Waals surface area contributed by atoms with Crippen LogP contribution in [0.1, 0.15) is 26.5 Å². The van der Waals surface area contributed by atoms with E-state index in [-0.39, 0.29) is 5.69 Å². The average molecular weight is 236 g/mol. The molecule has 0 unspecified atom stereocenters. The van der Waals surface area contributed by atoms with Gasteiger partial charge in [-0.25, -0.2) is 9.78 Å². The maximum absolute atomic E-state index is 11.5. The molecule has 1 aromatic rings. The first kappa shape index (κ1) is 13.0. The second kappa shape index (κ2) is 4.82. The second-order valence-electron chi connectivity index (χ2n) is 4.44. The van der Waals surface area contributed by atoms with E-state index in [9.17, 15) is 4.79 Å². The number of nitrogens with zero attached hydrogens (tertiary/aromatic N) is 1. The van der Waals surface area contributed by atoms with Gasteiger partial charge in [0.25, 0.3) is 0 Å². The Kier molecular flexibility index (Phi) is 3.67. The molecule has 1 aromatic heterocycles. The first-order valence-electron chi connectivity index (χ1n) is 5.09. The molecular formula is C11H16N4O2. The standard InChI is InChI=1S/C11H16N4O2/c1-11(2,3)17-10(16)15-7-4-5-9(13)14-8(7)6-12/h4-6,12H,1-3H3,(H2,13,14)(H,15,16). The fourth-order valence-corrected chi connectivity index (χ4v) is 1.12. The first-order chi connectivity index (χ1) is 7.81. The second-order valence-corrected chi connectivity index (χ2v) is 4.44. The number of anilines is 2. The molecule has 0 fully saturated rings. The molecule has 1 heterocycles. The number of hydrogen-bond donors (Lipinski definition) is 3. The van der Waals surface area contributed by atoms with Crippen LogP contribution < -0.4 is 11.1 Å². The van der Waals surface area contributed by atoms with Gasteiger partial charge in [-0.1, -0.05) is 0 Å². The zero-order valence-corrected chi connectivity index (χ0v) is 10.1. The van der Waals surface area contributed by atoms with Crippen LogP contribution in [0.4, 0.5) is 16.3 Å². The Morgan fingerprint density at radius 2 is 2.18 bits per heavy atom. The highest BCUT2D eigenvalue weighted by atomic mass is 16.6. The lowest BCUT2D eigenvalue weighted by Crippen LogP contribution is -2.27. The normalized spacial score (nSPS) is 10.8. The third-order valence-corrected chi connectivity index (χ3v) is 1.72. The van der Waals surface area contributed by atoms with E-state index in [0.717, 1.165) is 6.21 Å². The van der Waals surface area contributed by atoms with Gasteiger partial charge in [0.2, 0.25) is 0 Å². The number of amides is 1. The molecule has 0 aromatic carbocycles. The Balaban J connectivity index is 2.81. The highest BCUT2D eigenvalue weighted by molar-refractivity contribution is 5.92. The third-order valence-electron chi connectivity index (χ3n) is 1.72. The van der Waals surface area contributed by atoms with E-state index in [2.05, 4.69) is 10.3 Å². The number of carbonyl (C=O) groups excluding carboxylic acids is 1. The highest BCUT2D eigenvalue weighted by Gasteiger charge is 2.17. The van der Waals surface area contributed by atoms with Crippen molar-refractivity contribution in [2.45, 2.75) is 26.4 Å². The van der Waals surface area contributed by atoms with Gasteiger partial charge in [-0.3, -0.25) is 5.32 Å². The summed E-state index contributed by atoms with van der Waals surface area (Å²) in [6, 6.07) is 3.12. The molecule has 6 heteroatoms. The zero-order chi connectivity index (χ0) is 13.1. The maximum Gasteiger partial charge on any atom is 0.412 e. The third kappa shape index (κ3) is 4.10. The number of hydrogen-bond acceptors (Lipinski definition) is 5. The Labute approximate surface area is 99.7 Å². The van der Waals surface area contributed by atoms with Crippen molar-refractivity contribution in [3.8, 4) is 0 Å². The SMILES string of the molecule is CC(C)(C)OC(=O)Nc1ccc(N)nc1C=N. The minimum absolute atomic E-state index is 0.288. The molecule has 0 aliphatic heterocycles. The minimum Gasteiger partial charge on any atom is -0.444 e. The summed E-state index contributed by atoms with van der Waals surface area (Å²) >= 11 is 0. The van der Waals surface area contributed by atoms with Gasteiger partial charge in [0.05, 0.1) is 5.69 Å². The van der Waals surface area contributed by atoms with Crippen LogP contribution in [0.5, 0.6) is 0 Å². The van der Waals surface area contributed by atoms with Crippen molar-refractivity contribution in [1.29, 1.82) is 5.41 Å². The molecule has 0 aliphatic rings. The molecule has 17 heavy (non-hydrogen) atoms. The molecule has 92 valence electrons. The number of nitrogen functional groups attached to an aromatic ring is 1. The predicted molar refractivity (Wildman–Crippen MR) is 66.4 cm³/mol. The molecule has 0 spiro atoms. The fourth-order valence-electron chi connectivity index (χ4n) is 1.12. The average Bonchev–Trinajstić information content (AvgIpc) is 2.17. The number of carbonyl (C=O) groups is 1. The Hall–Kier alpha value is -2.11. The van der Waals surface area contributed by atoms with Crippen LogP contribution >= 0.6 is 0 Å². The lowest BCUT2D eigenvalue weighted by Gasteiger charge is -2.20. The molecule has 0 saturated heterocycles. The minimum atomic E-state index is -0.591. The van der Waals surface area contributed by atoms with E-state index in [1.807, 2.05) is 0 Å². The van der Waals surface area contributed by atoms with E-state index in [1.54, 1.807) is 32.9 Å². The van der Waals surface area contributed by atoms with Crippen molar-refractivity contribution in [3.05, 3.63) is 17.8 Å². The molecule has 1 rings (SSSR count). The van der Waals surface area contributed by atoms with Crippen molar-refractivity contribution in [1.82, 2.24) is 4.98 Å². The molecular weight excluding hydrogens is 220 g/mol. The lowest BCUT2D eigenvalue weighted by molar-refractivity contribution is 0.0636. The quantitative estimate of drug-likeness (QED) is 0.683. The number of pyridine rings is 1. The van der Waals surface area contributed by atoms with Crippen LogP contribution in [0.15, 0.2) is 12.1 Å². The molecule has 4 N–H and O–H groups in total. The molecule has 0 bridgehead atoms. The van der Waals surface area contributed by atoms with Crippen LogP contribution in [0.2, 0.25) is 0 Å². The molecule has 6 nitrogen and oxygen atoms in total. The molecule has 0 saturated carbocycles. The van der Waals surface area contributed by atoms with Crippen LogP contribution in [-0.4, -0.2) is 22.9 Å². The van der Waals surface area contributed by atoms with Crippen molar-refractivity contribution in [2.75, 3.05) is 11.1 Å². The number of ether oxygens (including phenoxy) is 1. The summed E-state index contributed by atoms with van der Waals surface area (Å²) in [6.45, 7) is 5.31. The summed E-state index contributed by atoms with van der Waals surface area (Å²) < 4.78 is 5.09. The van der Waals surface area contributed by atoms with E-state index < -0.39 is 11.7 Å². The van der Waals surface area contributed by atoms with E-state index >= 15 is 0 Å². The van der Waals surface area contributed by atoms with Crippen molar-refractivity contribution < 1.29 is 9.53 Å². The molecule has 1 amide bonds. The first-order valence-corrected chi connectivity index (χ1v) is 5.09. The van der Waals surface area contributed by atoms with Crippen molar-refractivity contribution >= 4 is 23.8 Å². The monoisotopic (exact) mass is 236 g/mol. The Bertz CT molecular complexity index is 438. The van der Waals surface area contributed by atoms with Gasteiger partial charge < -0.3 is 15.9 Å². The maximum atomic E-state index is 11.5. The summed E-state index contributed by atoms with van der Waals surface area (Å²) in [4.78, 5) is 15.4. The van der Waals surface area contributed by atoms with Gasteiger partial charge in [0.1, 0.15) is 17.1 Å². The van der Waals surface area contributed by atoms with E-state index in [4.69, 9.17) is 15.9 Å². The lowest BCUT2D eigenvalue weighted by atomic mass is 10.2. The van der Waals surface area contributed by atoms with Crippen molar-refractivity contribution in [3.63, 3.8) is 0 Å². The van der Waals surface area contributed by atoms with E-state index in [0.29, 0.717) is 11.5 Å². The number of aromatic nitrogens is 1. The zero-order valence-electron chi connectivity index (χ0n) is 10.1. The summed E-state index contributed by atoms with van der Waals surface area (Å²) in [7, 11) is 0. The molecule has 0 radical (unpaired) electrons. The van der Waals surface area contributed by atoms with Crippen LogP contribution in [0.3, 0.4) is 0 Å². The summed E-state index contributed by atoms with van der Waals surface area (Å²) in [5.74, 6) is 0.290. The van der Waals surface area contributed by atoms with Crippen LogP contribution in [-0.2, 0) is 4.74 Å². The summed E-state index contributed by atoms with van der Waals surface area (Å²) in [5.41, 5.74) is 5.58. The van der Waals surface area contributed by atoms with Crippen LogP contribution in [0, 0.1) is 5.41 Å². The van der Waals surface area contributed by atoms with Gasteiger partial charge in [0, 0.05) is 6.21 Å². The molecule has 0 aliphatic carbocycles.